The van der Waals surface area contributed by atoms with Crippen molar-refractivity contribution in [3.05, 3.63) is 69.3 Å². The molecule has 0 aromatic heterocycles. The van der Waals surface area contributed by atoms with Gasteiger partial charge in [-0.2, -0.15) is 0 Å². The van der Waals surface area contributed by atoms with Crippen molar-refractivity contribution < 1.29 is 24.4 Å². The molecule has 0 radical (unpaired) electrons. The lowest BCUT2D eigenvalue weighted by Crippen LogP contribution is -2.40. The van der Waals surface area contributed by atoms with Gasteiger partial charge in [0.25, 0.3) is 11.6 Å². The molecule has 0 bridgehead atoms. The van der Waals surface area contributed by atoms with Crippen LogP contribution in [0.3, 0.4) is 0 Å². The number of aliphatic carboxylic acids is 1. The number of anilines is 1. The van der Waals surface area contributed by atoms with Crippen molar-refractivity contribution in [3.8, 4) is 11.8 Å². The lowest BCUT2D eigenvalue weighted by molar-refractivity contribution is -0.384. The Bertz CT molecular complexity index is 1200. The van der Waals surface area contributed by atoms with Gasteiger partial charge in [0.15, 0.2) is 0 Å². The van der Waals surface area contributed by atoms with Crippen LogP contribution in [0, 0.1) is 22.0 Å². The summed E-state index contributed by atoms with van der Waals surface area (Å²) in [7, 11) is 0. The second-order valence-corrected chi connectivity index (χ2v) is 8.06. The number of carbonyl (C=O) groups excluding carboxylic acids is 2. The number of hydrogen-bond donors (Lipinski definition) is 2. The van der Waals surface area contributed by atoms with Crippen molar-refractivity contribution in [1.29, 1.82) is 0 Å². The van der Waals surface area contributed by atoms with Gasteiger partial charge < -0.3 is 20.6 Å². The predicted octanol–water partition coefficient (Wildman–Crippen LogP) is 2.54. The Kier molecular flexibility index (Phi) is 8.53. The third-order valence-electron chi connectivity index (χ3n) is 5.48. The summed E-state index contributed by atoms with van der Waals surface area (Å²) in [6.07, 6.45) is 2.08. The van der Waals surface area contributed by atoms with Crippen molar-refractivity contribution in [2.45, 2.75) is 32.2 Å². The molecule has 0 unspecified atom stereocenters. The summed E-state index contributed by atoms with van der Waals surface area (Å²) in [6, 6.07) is 10.9. The standard InChI is InChI=1S/C25H26N4O6/c26-12-4-2-1-3-6-18-9-10-22-21(15-18)25(33)27(13-11-24(31)32)17-23(30)28(22)16-19-7-5-8-20(14-19)29(34)35/h5,7-10,14-15H,1-2,4,11-13,16-17,26H2,(H,31,32). The molecule has 0 spiro atoms. The molecule has 0 saturated heterocycles. The maximum atomic E-state index is 13.3. The SMILES string of the molecule is NCCCCC#Cc1ccc2c(c1)C(=O)N(CCC(=O)O)CC(=O)N2Cc1cccc([N+](=O)[O-])c1. The van der Waals surface area contributed by atoms with Gasteiger partial charge in [0, 0.05) is 30.7 Å². The van der Waals surface area contributed by atoms with E-state index in [2.05, 4.69) is 11.8 Å². The van der Waals surface area contributed by atoms with Crippen molar-refractivity contribution in [3.63, 3.8) is 0 Å². The van der Waals surface area contributed by atoms with Gasteiger partial charge in [0.05, 0.1) is 29.1 Å². The summed E-state index contributed by atoms with van der Waals surface area (Å²) in [5.74, 6) is 4.10. The van der Waals surface area contributed by atoms with Gasteiger partial charge in [-0.15, -0.1) is 0 Å². The quantitative estimate of drug-likeness (QED) is 0.244. The van der Waals surface area contributed by atoms with Gasteiger partial charge in [-0.1, -0.05) is 24.0 Å². The average Bonchev–Trinajstić information content (AvgIpc) is 2.93. The Morgan fingerprint density at radius 2 is 1.97 bits per heavy atom. The summed E-state index contributed by atoms with van der Waals surface area (Å²) in [4.78, 5) is 50.8. The monoisotopic (exact) mass is 478 g/mol. The summed E-state index contributed by atoms with van der Waals surface area (Å²) >= 11 is 0. The van der Waals surface area contributed by atoms with E-state index in [1.165, 1.54) is 28.0 Å². The van der Waals surface area contributed by atoms with Crippen LogP contribution in [-0.4, -0.2) is 52.3 Å². The maximum Gasteiger partial charge on any atom is 0.305 e. The number of nitrogens with zero attached hydrogens (tertiary/aromatic N) is 3. The van der Waals surface area contributed by atoms with E-state index in [1.807, 2.05) is 0 Å². The van der Waals surface area contributed by atoms with E-state index in [9.17, 15) is 24.5 Å². The highest BCUT2D eigenvalue weighted by atomic mass is 16.6. The van der Waals surface area contributed by atoms with Crippen LogP contribution in [0.1, 0.15) is 47.2 Å². The van der Waals surface area contributed by atoms with Gasteiger partial charge in [0.2, 0.25) is 5.91 Å². The normalized spacial score (nSPS) is 13.1. The predicted molar refractivity (Wildman–Crippen MR) is 129 cm³/mol. The van der Waals surface area contributed by atoms with Crippen molar-refractivity contribution in [2.24, 2.45) is 5.73 Å². The highest BCUT2D eigenvalue weighted by molar-refractivity contribution is 6.09. The third kappa shape index (κ3) is 6.65. The van der Waals surface area contributed by atoms with Gasteiger partial charge in [-0.3, -0.25) is 24.5 Å². The number of rotatable bonds is 9. The van der Waals surface area contributed by atoms with Crippen LogP contribution in [0.4, 0.5) is 11.4 Å². The summed E-state index contributed by atoms with van der Waals surface area (Å²) in [5, 5.41) is 20.2. The van der Waals surface area contributed by atoms with Gasteiger partial charge in [-0.05, 0) is 43.1 Å². The Balaban J connectivity index is 1.98. The minimum absolute atomic E-state index is 0.0116. The van der Waals surface area contributed by atoms with Gasteiger partial charge >= 0.3 is 5.97 Å². The van der Waals surface area contributed by atoms with Crippen LogP contribution in [0.2, 0.25) is 0 Å². The number of benzene rings is 2. The Morgan fingerprint density at radius 1 is 1.17 bits per heavy atom. The molecule has 1 aliphatic heterocycles. The lowest BCUT2D eigenvalue weighted by atomic mass is 10.1. The van der Waals surface area contributed by atoms with E-state index in [0.29, 0.717) is 29.8 Å². The van der Waals surface area contributed by atoms with E-state index >= 15 is 0 Å². The number of fused-ring (bicyclic) bond motifs is 1. The first-order valence-electron chi connectivity index (χ1n) is 11.2. The number of amides is 2. The first kappa shape index (κ1) is 25.4. The zero-order chi connectivity index (χ0) is 25.4. The lowest BCUT2D eigenvalue weighted by Gasteiger charge is -2.23. The average molecular weight is 479 g/mol. The number of nitrogens with two attached hydrogens (primary N) is 1. The molecule has 2 amide bonds. The van der Waals surface area contributed by atoms with Crippen LogP contribution >= 0.6 is 0 Å². The number of non-ortho nitro benzene ring substituents is 1. The third-order valence-corrected chi connectivity index (χ3v) is 5.48. The number of carboxylic acids is 1. The number of hydrogen-bond acceptors (Lipinski definition) is 6. The number of nitro groups is 1. The zero-order valence-electron chi connectivity index (χ0n) is 19.1. The Hall–Kier alpha value is -4.23. The molecule has 182 valence electrons. The second-order valence-electron chi connectivity index (χ2n) is 8.06. The van der Waals surface area contributed by atoms with Crippen molar-refractivity contribution in [2.75, 3.05) is 24.5 Å². The van der Waals surface area contributed by atoms with E-state index in [0.717, 1.165) is 12.8 Å². The second kappa shape index (κ2) is 11.8. The van der Waals surface area contributed by atoms with Crippen LogP contribution < -0.4 is 10.6 Å². The molecule has 3 N–H and O–H groups in total. The molecule has 2 aromatic rings. The highest BCUT2D eigenvalue weighted by Gasteiger charge is 2.32. The fourth-order valence-corrected chi connectivity index (χ4v) is 3.70. The van der Waals surface area contributed by atoms with Gasteiger partial charge in [0.1, 0.15) is 6.54 Å². The number of unbranched alkanes of at least 4 members (excludes halogenated alkanes) is 2. The zero-order valence-corrected chi connectivity index (χ0v) is 19.1. The van der Waals surface area contributed by atoms with Gasteiger partial charge in [-0.25, -0.2) is 0 Å². The van der Waals surface area contributed by atoms with E-state index in [1.54, 1.807) is 24.3 Å². The molecule has 0 saturated carbocycles. The smallest absolute Gasteiger partial charge is 0.305 e. The fraction of sp³-hybridized carbons (Fsp3) is 0.320. The van der Waals surface area contributed by atoms with Crippen molar-refractivity contribution in [1.82, 2.24) is 4.90 Å². The molecular weight excluding hydrogens is 452 g/mol. The van der Waals surface area contributed by atoms with E-state index in [-0.39, 0.29) is 37.3 Å². The number of nitro benzene ring substituents is 1. The molecule has 0 aliphatic carbocycles. The van der Waals surface area contributed by atoms with Crippen LogP contribution in [0.25, 0.3) is 0 Å². The molecule has 1 heterocycles. The molecule has 35 heavy (non-hydrogen) atoms. The number of carbonyl (C=O) groups is 3. The molecule has 10 nitrogen and oxygen atoms in total. The summed E-state index contributed by atoms with van der Waals surface area (Å²) in [6.45, 7) is 0.169. The largest absolute Gasteiger partial charge is 0.481 e. The topological polar surface area (TPSA) is 147 Å². The minimum atomic E-state index is -1.08. The first-order chi connectivity index (χ1) is 16.8. The molecule has 10 heteroatoms. The summed E-state index contributed by atoms with van der Waals surface area (Å²) in [5.41, 5.74) is 7.07. The van der Waals surface area contributed by atoms with Crippen LogP contribution in [0.15, 0.2) is 42.5 Å². The fourth-order valence-electron chi connectivity index (χ4n) is 3.70. The Labute approximate surface area is 202 Å². The Morgan fingerprint density at radius 3 is 2.69 bits per heavy atom. The highest BCUT2D eigenvalue weighted by Crippen LogP contribution is 2.29. The van der Waals surface area contributed by atoms with Crippen LogP contribution in [-0.2, 0) is 16.1 Å². The molecule has 1 aliphatic rings. The molecule has 2 aromatic carbocycles. The molecular formula is C25H26N4O6. The first-order valence-corrected chi connectivity index (χ1v) is 11.2. The van der Waals surface area contributed by atoms with Crippen LogP contribution in [0.5, 0.6) is 0 Å². The molecule has 3 rings (SSSR count). The number of carboxylic acid groups (broad SMARTS) is 1. The van der Waals surface area contributed by atoms with E-state index in [4.69, 9.17) is 10.8 Å². The minimum Gasteiger partial charge on any atom is -0.481 e. The molecule has 0 fully saturated rings. The van der Waals surface area contributed by atoms with E-state index < -0.39 is 22.7 Å². The maximum absolute atomic E-state index is 13.3. The molecule has 0 atom stereocenters. The summed E-state index contributed by atoms with van der Waals surface area (Å²) < 4.78 is 0. The van der Waals surface area contributed by atoms with Crippen molar-refractivity contribution >= 4 is 29.2 Å².